The summed E-state index contributed by atoms with van der Waals surface area (Å²) in [6.45, 7) is 4.53. The minimum absolute atomic E-state index is 0.0152. The molecule has 3 aromatic rings. The van der Waals surface area contributed by atoms with Gasteiger partial charge in [0.2, 0.25) is 0 Å². The molecule has 1 amide bonds. The number of carbonyl (C=O) groups excluding carboxylic acids is 1. The Morgan fingerprint density at radius 1 is 1.22 bits per heavy atom. The molecule has 0 radical (unpaired) electrons. The smallest absolute Gasteiger partial charge is 0.255 e. The summed E-state index contributed by atoms with van der Waals surface area (Å²) in [5, 5.41) is 2.00. The van der Waals surface area contributed by atoms with Crippen molar-refractivity contribution in [1.29, 1.82) is 0 Å². The number of nitrogens with zero attached hydrogens (tertiary/aromatic N) is 4. The number of halogens is 1. The first kappa shape index (κ1) is 18.3. The van der Waals surface area contributed by atoms with Gasteiger partial charge in [-0.2, -0.15) is 0 Å². The molecule has 3 heterocycles. The van der Waals surface area contributed by atoms with E-state index in [2.05, 4.69) is 22.5 Å². The fraction of sp³-hybridized carbons (Fsp3) is 0.350. The summed E-state index contributed by atoms with van der Waals surface area (Å²) in [4.78, 5) is 23.7. The van der Waals surface area contributed by atoms with Crippen LogP contribution < -0.4 is 0 Å². The molecule has 0 saturated carbocycles. The van der Waals surface area contributed by atoms with E-state index in [1.807, 2.05) is 23.1 Å². The van der Waals surface area contributed by atoms with Crippen LogP contribution in [0.5, 0.6) is 0 Å². The van der Waals surface area contributed by atoms with Crippen molar-refractivity contribution in [1.82, 2.24) is 19.4 Å². The lowest BCUT2D eigenvalue weighted by Crippen LogP contribution is -2.35. The summed E-state index contributed by atoms with van der Waals surface area (Å²) in [5.41, 5.74) is 2.60. The topological polar surface area (TPSA) is 51.0 Å². The molecule has 1 aliphatic rings. The largest absolute Gasteiger partial charge is 0.339 e. The zero-order chi connectivity index (χ0) is 18.8. The standard InChI is InChI=1S/C20H21ClN4OS/c1-2-25-17-9-5-4-8-16(17)23-20(25)27-18-15(21)12-14(13-22-18)19(26)24-10-6-3-7-11-24/h4-5,8-9,12-13H,2-3,6-7,10-11H2,1H3. The molecule has 0 N–H and O–H groups in total. The van der Waals surface area contributed by atoms with E-state index in [9.17, 15) is 4.79 Å². The molecule has 0 unspecified atom stereocenters. The Morgan fingerprint density at radius 2 is 2.00 bits per heavy atom. The van der Waals surface area contributed by atoms with E-state index < -0.39 is 0 Å². The third-order valence-electron chi connectivity index (χ3n) is 4.82. The summed E-state index contributed by atoms with van der Waals surface area (Å²) in [6.07, 6.45) is 4.95. The first-order valence-corrected chi connectivity index (χ1v) is 10.4. The number of para-hydroxylation sites is 2. The maximum Gasteiger partial charge on any atom is 0.255 e. The van der Waals surface area contributed by atoms with Crippen LogP contribution in [0.2, 0.25) is 5.02 Å². The number of hydrogen-bond donors (Lipinski definition) is 0. The van der Waals surface area contributed by atoms with Gasteiger partial charge in [-0.25, -0.2) is 9.97 Å². The Labute approximate surface area is 167 Å². The molecular weight excluding hydrogens is 380 g/mol. The fourth-order valence-corrected chi connectivity index (χ4v) is 4.62. The normalized spacial score (nSPS) is 14.7. The van der Waals surface area contributed by atoms with Crippen LogP contribution in [0.3, 0.4) is 0 Å². The van der Waals surface area contributed by atoms with Gasteiger partial charge in [0, 0.05) is 25.8 Å². The highest BCUT2D eigenvalue weighted by molar-refractivity contribution is 7.99. The van der Waals surface area contributed by atoms with Gasteiger partial charge in [-0.15, -0.1) is 0 Å². The Morgan fingerprint density at radius 3 is 2.74 bits per heavy atom. The number of imidazole rings is 1. The van der Waals surface area contributed by atoms with E-state index in [-0.39, 0.29) is 5.91 Å². The van der Waals surface area contributed by atoms with Crippen LogP contribution in [0.1, 0.15) is 36.5 Å². The Kier molecular flexibility index (Phi) is 5.36. The van der Waals surface area contributed by atoms with Gasteiger partial charge in [0.15, 0.2) is 5.16 Å². The molecule has 0 atom stereocenters. The lowest BCUT2D eigenvalue weighted by Gasteiger charge is -2.26. The molecule has 0 bridgehead atoms. The van der Waals surface area contributed by atoms with Crippen LogP contribution in [0.4, 0.5) is 0 Å². The SMILES string of the molecule is CCn1c(Sc2ncc(C(=O)N3CCCCC3)cc2Cl)nc2ccccc21. The quantitative estimate of drug-likeness (QED) is 0.626. The number of aromatic nitrogens is 3. The minimum Gasteiger partial charge on any atom is -0.339 e. The van der Waals surface area contributed by atoms with E-state index in [0.717, 1.165) is 48.7 Å². The summed E-state index contributed by atoms with van der Waals surface area (Å²) < 4.78 is 2.14. The number of benzene rings is 1. The monoisotopic (exact) mass is 400 g/mol. The third-order valence-corrected chi connectivity index (χ3v) is 6.23. The lowest BCUT2D eigenvalue weighted by atomic mass is 10.1. The first-order chi connectivity index (χ1) is 13.2. The number of fused-ring (bicyclic) bond motifs is 1. The number of rotatable bonds is 4. The molecule has 140 valence electrons. The molecule has 27 heavy (non-hydrogen) atoms. The number of amides is 1. The van der Waals surface area contributed by atoms with Gasteiger partial charge < -0.3 is 9.47 Å². The van der Waals surface area contributed by atoms with Crippen molar-refractivity contribution in [3.05, 3.63) is 47.1 Å². The van der Waals surface area contributed by atoms with Crippen LogP contribution in [-0.4, -0.2) is 38.4 Å². The van der Waals surface area contributed by atoms with Crippen molar-refractivity contribution in [2.24, 2.45) is 0 Å². The Balaban J connectivity index is 1.59. The van der Waals surface area contributed by atoms with Gasteiger partial charge in [-0.05, 0) is 56.1 Å². The van der Waals surface area contributed by atoms with Gasteiger partial charge in [-0.1, -0.05) is 23.7 Å². The van der Waals surface area contributed by atoms with Crippen LogP contribution in [0, 0.1) is 0 Å². The van der Waals surface area contributed by atoms with Gasteiger partial charge in [0.05, 0.1) is 21.6 Å². The number of pyridine rings is 1. The van der Waals surface area contributed by atoms with Crippen LogP contribution in [0.15, 0.2) is 46.7 Å². The number of hydrogen-bond acceptors (Lipinski definition) is 4. The summed E-state index contributed by atoms with van der Waals surface area (Å²) in [6, 6.07) is 9.78. The second-order valence-electron chi connectivity index (χ2n) is 6.59. The zero-order valence-corrected chi connectivity index (χ0v) is 16.8. The van der Waals surface area contributed by atoms with Crippen molar-refractivity contribution < 1.29 is 4.79 Å². The van der Waals surface area contributed by atoms with Gasteiger partial charge in [-0.3, -0.25) is 4.79 Å². The van der Waals surface area contributed by atoms with Crippen molar-refractivity contribution in [3.63, 3.8) is 0 Å². The molecule has 0 spiro atoms. The predicted molar refractivity (Wildman–Crippen MR) is 109 cm³/mol. The average Bonchev–Trinajstić information content (AvgIpc) is 3.06. The van der Waals surface area contributed by atoms with E-state index in [1.54, 1.807) is 12.3 Å². The van der Waals surface area contributed by atoms with Crippen LogP contribution in [0.25, 0.3) is 11.0 Å². The predicted octanol–water partition coefficient (Wildman–Crippen LogP) is 4.88. The highest BCUT2D eigenvalue weighted by Gasteiger charge is 2.20. The number of carbonyl (C=O) groups is 1. The molecule has 0 aliphatic carbocycles. The highest BCUT2D eigenvalue weighted by Crippen LogP contribution is 2.33. The molecule has 5 nitrogen and oxygen atoms in total. The maximum atomic E-state index is 12.6. The Hall–Kier alpha value is -2.05. The number of likely N-dealkylation sites (tertiary alicyclic amines) is 1. The summed E-state index contributed by atoms with van der Waals surface area (Å²) >= 11 is 7.90. The molecule has 1 fully saturated rings. The molecular formula is C20H21ClN4OS. The molecule has 1 aromatic carbocycles. The Bertz CT molecular complexity index is 981. The zero-order valence-electron chi connectivity index (χ0n) is 15.2. The van der Waals surface area contributed by atoms with Crippen LogP contribution in [-0.2, 0) is 6.54 Å². The highest BCUT2D eigenvalue weighted by atomic mass is 35.5. The minimum atomic E-state index is 0.0152. The summed E-state index contributed by atoms with van der Waals surface area (Å²) in [7, 11) is 0. The lowest BCUT2D eigenvalue weighted by molar-refractivity contribution is 0.0724. The van der Waals surface area contributed by atoms with Crippen molar-refractivity contribution in [2.45, 2.75) is 42.9 Å². The van der Waals surface area contributed by atoms with E-state index in [1.165, 1.54) is 18.2 Å². The van der Waals surface area contributed by atoms with Crippen molar-refractivity contribution >= 4 is 40.3 Å². The van der Waals surface area contributed by atoms with E-state index in [4.69, 9.17) is 16.6 Å². The van der Waals surface area contributed by atoms with Gasteiger partial charge >= 0.3 is 0 Å². The molecule has 4 rings (SSSR count). The number of piperidine rings is 1. The first-order valence-electron chi connectivity index (χ1n) is 9.25. The molecule has 1 saturated heterocycles. The van der Waals surface area contributed by atoms with Gasteiger partial charge in [0.25, 0.3) is 5.91 Å². The van der Waals surface area contributed by atoms with Crippen molar-refractivity contribution in [2.75, 3.05) is 13.1 Å². The van der Waals surface area contributed by atoms with E-state index in [0.29, 0.717) is 15.6 Å². The van der Waals surface area contributed by atoms with Crippen LogP contribution >= 0.6 is 23.4 Å². The average molecular weight is 401 g/mol. The summed E-state index contributed by atoms with van der Waals surface area (Å²) in [5.74, 6) is 0.0152. The van der Waals surface area contributed by atoms with E-state index >= 15 is 0 Å². The third kappa shape index (κ3) is 3.69. The second-order valence-corrected chi connectivity index (χ2v) is 7.96. The van der Waals surface area contributed by atoms with Gasteiger partial charge in [0.1, 0.15) is 5.03 Å². The van der Waals surface area contributed by atoms with Crippen molar-refractivity contribution in [3.8, 4) is 0 Å². The molecule has 7 heteroatoms. The number of aryl methyl sites for hydroxylation is 1. The molecule has 1 aliphatic heterocycles. The second kappa shape index (κ2) is 7.90. The fourth-order valence-electron chi connectivity index (χ4n) is 3.42. The maximum absolute atomic E-state index is 12.6. The molecule has 2 aromatic heterocycles.